The number of esters is 1. The number of hydrogen-bond acceptors (Lipinski definition) is 9. The zero-order chi connectivity index (χ0) is 31.6. The molecule has 0 bridgehead atoms. The third kappa shape index (κ3) is 6.74. The minimum absolute atomic E-state index is 0.0660. The van der Waals surface area contributed by atoms with E-state index in [4.69, 9.17) is 21.1 Å². The van der Waals surface area contributed by atoms with Crippen LogP contribution in [0.15, 0.2) is 47.5 Å². The van der Waals surface area contributed by atoms with Crippen LogP contribution in [0, 0.1) is 12.7 Å². The van der Waals surface area contributed by atoms with Crippen LogP contribution >= 0.6 is 11.6 Å². The van der Waals surface area contributed by atoms with Crippen molar-refractivity contribution in [2.75, 3.05) is 45.3 Å². The molecule has 0 spiro atoms. The lowest BCUT2D eigenvalue weighted by molar-refractivity contribution is -0.141. The molecule has 4 aromatic rings. The number of aryl methyl sites for hydroxylation is 1. The number of alkyl halides is 3. The first-order valence-electron chi connectivity index (χ1n) is 13.3. The van der Waals surface area contributed by atoms with Crippen LogP contribution in [0.25, 0.3) is 16.9 Å². The van der Waals surface area contributed by atoms with Crippen LogP contribution in [0.1, 0.15) is 21.7 Å². The van der Waals surface area contributed by atoms with Gasteiger partial charge < -0.3 is 19.4 Å². The van der Waals surface area contributed by atoms with Crippen LogP contribution in [0.2, 0.25) is 5.02 Å². The van der Waals surface area contributed by atoms with Crippen molar-refractivity contribution in [3.8, 4) is 16.9 Å². The fourth-order valence-corrected chi connectivity index (χ4v) is 4.79. The van der Waals surface area contributed by atoms with Crippen LogP contribution in [0.5, 0.6) is 0 Å². The molecule has 44 heavy (non-hydrogen) atoms. The van der Waals surface area contributed by atoms with Gasteiger partial charge in [-0.05, 0) is 37.3 Å². The first kappa shape index (κ1) is 31.1. The van der Waals surface area contributed by atoms with E-state index in [0.29, 0.717) is 38.5 Å². The third-order valence-electron chi connectivity index (χ3n) is 6.89. The van der Waals surface area contributed by atoms with E-state index in [-0.39, 0.29) is 45.7 Å². The van der Waals surface area contributed by atoms with E-state index in [1.165, 1.54) is 42.1 Å². The van der Waals surface area contributed by atoms with E-state index in [0.717, 1.165) is 23.9 Å². The molecule has 0 unspecified atom stereocenters. The number of halogens is 5. The second-order valence-electron chi connectivity index (χ2n) is 9.85. The Kier molecular flexibility index (Phi) is 8.99. The number of methoxy groups -OCH3 is 1. The smallest absolute Gasteiger partial charge is 0.435 e. The minimum atomic E-state index is -4.74. The van der Waals surface area contributed by atoms with E-state index < -0.39 is 29.2 Å². The van der Waals surface area contributed by atoms with Crippen molar-refractivity contribution < 1.29 is 31.8 Å². The van der Waals surface area contributed by atoms with Gasteiger partial charge in [0.25, 0.3) is 5.56 Å². The van der Waals surface area contributed by atoms with Crippen molar-refractivity contribution in [1.82, 2.24) is 29.2 Å². The van der Waals surface area contributed by atoms with Crippen LogP contribution in [-0.4, -0.2) is 75.1 Å². The Labute approximate surface area is 253 Å². The quantitative estimate of drug-likeness (QED) is 0.221. The molecule has 0 amide bonds. The maximum absolute atomic E-state index is 13.7. The summed E-state index contributed by atoms with van der Waals surface area (Å²) in [5.41, 5.74) is -1.20. The minimum Gasteiger partial charge on any atom is -0.465 e. The third-order valence-corrected chi connectivity index (χ3v) is 7.18. The van der Waals surface area contributed by atoms with Gasteiger partial charge in [0.15, 0.2) is 11.5 Å². The number of carbonyl (C=O) groups excluding carboxylic acids is 1. The Morgan fingerprint density at radius 3 is 2.57 bits per heavy atom. The van der Waals surface area contributed by atoms with Crippen LogP contribution in [0.4, 0.5) is 29.2 Å². The van der Waals surface area contributed by atoms with Crippen molar-refractivity contribution >= 4 is 29.2 Å². The summed E-state index contributed by atoms with van der Waals surface area (Å²) in [6, 6.07) is 5.94. The number of morpholine rings is 1. The van der Waals surface area contributed by atoms with Gasteiger partial charge in [-0.3, -0.25) is 9.69 Å². The number of anilines is 2. The van der Waals surface area contributed by atoms with Crippen LogP contribution in [0.3, 0.4) is 0 Å². The molecule has 1 fully saturated rings. The summed E-state index contributed by atoms with van der Waals surface area (Å²) in [6.45, 7) is 4.55. The molecule has 1 aliphatic heterocycles. The molecular weight excluding hydrogens is 610 g/mol. The number of nitrogens with one attached hydrogen (secondary N) is 1. The first-order chi connectivity index (χ1) is 20.9. The Balaban J connectivity index is 1.64. The molecule has 0 radical (unpaired) electrons. The standard InChI is InChI=1S/C28H26ClF4N7O4/c1-16-11-23(28(31,32)33)37-40(16)24-20(14-34-27(36-24)35-18-3-4-22(30)21(29)13-18)17-12-19(26(42)43-2)25(41)39(15-17)6-5-38-7-9-44-10-8-38/h3-4,11-15H,5-10H2,1-2H3,(H,34,35,36). The number of pyridine rings is 1. The molecule has 0 atom stereocenters. The molecule has 4 heterocycles. The molecule has 11 nitrogen and oxygen atoms in total. The molecule has 3 aromatic heterocycles. The summed E-state index contributed by atoms with van der Waals surface area (Å²) < 4.78 is 67.0. The normalized spacial score (nSPS) is 14.1. The van der Waals surface area contributed by atoms with E-state index >= 15 is 0 Å². The highest BCUT2D eigenvalue weighted by Crippen LogP contribution is 2.32. The monoisotopic (exact) mass is 635 g/mol. The summed E-state index contributed by atoms with van der Waals surface area (Å²) in [5, 5.41) is 6.43. The summed E-state index contributed by atoms with van der Waals surface area (Å²) >= 11 is 5.88. The fraction of sp³-hybridized carbons (Fsp3) is 0.321. The molecule has 1 aliphatic rings. The number of aromatic nitrogens is 5. The number of ether oxygens (including phenoxy) is 2. The zero-order valence-electron chi connectivity index (χ0n) is 23.5. The predicted molar refractivity (Wildman–Crippen MR) is 152 cm³/mol. The Hall–Kier alpha value is -4.34. The molecule has 1 N–H and O–H groups in total. The second kappa shape index (κ2) is 12.7. The summed E-state index contributed by atoms with van der Waals surface area (Å²) in [7, 11) is 1.13. The molecule has 16 heteroatoms. The van der Waals surface area contributed by atoms with Gasteiger partial charge >= 0.3 is 12.1 Å². The first-order valence-corrected chi connectivity index (χ1v) is 13.7. The van der Waals surface area contributed by atoms with Crippen molar-refractivity contribution in [2.24, 2.45) is 0 Å². The number of nitrogens with zero attached hydrogens (tertiary/aromatic N) is 6. The molecule has 5 rings (SSSR count). The highest BCUT2D eigenvalue weighted by atomic mass is 35.5. The van der Waals surface area contributed by atoms with Crippen molar-refractivity contribution in [3.05, 3.63) is 80.9 Å². The van der Waals surface area contributed by atoms with Crippen molar-refractivity contribution in [1.29, 1.82) is 0 Å². The number of hydrogen-bond donors (Lipinski definition) is 1. The number of benzene rings is 1. The fourth-order valence-electron chi connectivity index (χ4n) is 4.61. The number of rotatable bonds is 8. The highest BCUT2D eigenvalue weighted by molar-refractivity contribution is 6.31. The number of carbonyl (C=O) groups is 1. The maximum Gasteiger partial charge on any atom is 0.435 e. The average molecular weight is 636 g/mol. The van der Waals surface area contributed by atoms with Gasteiger partial charge in [-0.2, -0.15) is 23.3 Å². The second-order valence-corrected chi connectivity index (χ2v) is 10.3. The maximum atomic E-state index is 13.7. The van der Waals surface area contributed by atoms with Gasteiger partial charge in [0.2, 0.25) is 5.95 Å². The van der Waals surface area contributed by atoms with Gasteiger partial charge in [-0.25, -0.2) is 18.9 Å². The molecule has 0 aliphatic carbocycles. The van der Waals surface area contributed by atoms with Gasteiger partial charge in [-0.1, -0.05) is 11.6 Å². The average Bonchev–Trinajstić information content (AvgIpc) is 3.41. The Bertz CT molecular complexity index is 1750. The Morgan fingerprint density at radius 2 is 1.91 bits per heavy atom. The predicted octanol–water partition coefficient (Wildman–Crippen LogP) is 4.47. The van der Waals surface area contributed by atoms with E-state index in [9.17, 15) is 27.2 Å². The van der Waals surface area contributed by atoms with Gasteiger partial charge in [0.05, 0.1) is 25.3 Å². The lowest BCUT2D eigenvalue weighted by Gasteiger charge is -2.26. The molecular formula is C28H26ClF4N7O4. The molecule has 232 valence electrons. The van der Waals surface area contributed by atoms with Gasteiger partial charge in [0, 0.05) is 61.1 Å². The van der Waals surface area contributed by atoms with Crippen LogP contribution < -0.4 is 10.9 Å². The van der Waals surface area contributed by atoms with E-state index in [1.54, 1.807) is 0 Å². The van der Waals surface area contributed by atoms with Gasteiger partial charge in [-0.15, -0.1) is 0 Å². The highest BCUT2D eigenvalue weighted by Gasteiger charge is 2.35. The zero-order valence-corrected chi connectivity index (χ0v) is 24.2. The van der Waals surface area contributed by atoms with Crippen molar-refractivity contribution in [3.63, 3.8) is 0 Å². The lowest BCUT2D eigenvalue weighted by Crippen LogP contribution is -2.39. The molecule has 1 aromatic carbocycles. The SMILES string of the molecule is COC(=O)c1cc(-c2cnc(Nc3ccc(F)c(Cl)c3)nc2-n2nc(C(F)(F)F)cc2C)cn(CCN2CCOCC2)c1=O. The molecule has 0 saturated carbocycles. The van der Waals surface area contributed by atoms with Gasteiger partial charge in [0.1, 0.15) is 11.4 Å². The molecule has 1 saturated heterocycles. The summed E-state index contributed by atoms with van der Waals surface area (Å²) in [6.07, 6.45) is -1.94. The summed E-state index contributed by atoms with van der Waals surface area (Å²) in [5.74, 6) is -1.69. The van der Waals surface area contributed by atoms with Crippen molar-refractivity contribution in [2.45, 2.75) is 19.6 Å². The Morgan fingerprint density at radius 1 is 1.16 bits per heavy atom. The van der Waals surface area contributed by atoms with E-state index in [2.05, 4.69) is 25.3 Å². The van der Waals surface area contributed by atoms with Crippen LogP contribution in [-0.2, 0) is 22.2 Å². The topological polar surface area (TPSA) is 116 Å². The summed E-state index contributed by atoms with van der Waals surface area (Å²) in [4.78, 5) is 36.7. The lowest BCUT2D eigenvalue weighted by atomic mass is 10.1. The largest absolute Gasteiger partial charge is 0.465 e. The van der Waals surface area contributed by atoms with E-state index in [1.807, 2.05) is 0 Å².